The monoisotopic (exact) mass is 237 g/mol. The molecule has 0 aromatic heterocycles. The first-order chi connectivity index (χ1) is 8.21. The fourth-order valence-corrected chi connectivity index (χ4v) is 2.26. The molecule has 0 amide bonds. The van der Waals surface area contributed by atoms with Gasteiger partial charge in [-0.2, -0.15) is 0 Å². The van der Waals surface area contributed by atoms with Gasteiger partial charge in [-0.15, -0.1) is 0 Å². The Kier molecular flexibility index (Phi) is 3.43. The Hall–Kier alpha value is -1.42. The van der Waals surface area contributed by atoms with Gasteiger partial charge in [-0.1, -0.05) is 6.92 Å². The van der Waals surface area contributed by atoms with Crippen LogP contribution in [-0.2, 0) is 0 Å². The smallest absolute Gasteiger partial charge is 0.132 e. The van der Waals surface area contributed by atoms with Crippen molar-refractivity contribution in [1.29, 1.82) is 0 Å². The average Bonchev–Trinajstić information content (AvgIpc) is 2.65. The highest BCUT2D eigenvalue weighted by molar-refractivity contribution is 5.54. The van der Waals surface area contributed by atoms with Crippen LogP contribution in [0, 0.1) is 0 Å². The number of likely N-dealkylation sites (N-methyl/N-ethyl adjacent to an activating group) is 1. The molecule has 4 nitrogen and oxygen atoms in total. The molecule has 0 spiro atoms. The van der Waals surface area contributed by atoms with Gasteiger partial charge in [0, 0.05) is 12.1 Å². The van der Waals surface area contributed by atoms with Gasteiger partial charge in [0.1, 0.15) is 23.4 Å². The number of ether oxygens (including phenoxy) is 3. The van der Waals surface area contributed by atoms with Gasteiger partial charge in [0.15, 0.2) is 0 Å². The number of fused-ring (bicyclic) bond motifs is 1. The van der Waals surface area contributed by atoms with Gasteiger partial charge >= 0.3 is 0 Å². The molecule has 2 rings (SSSR count). The molecular formula is C13H19NO3. The van der Waals surface area contributed by atoms with Crippen LogP contribution in [0.15, 0.2) is 12.1 Å². The Labute approximate surface area is 102 Å². The third-order valence-corrected chi connectivity index (χ3v) is 3.05. The summed E-state index contributed by atoms with van der Waals surface area (Å²) in [7, 11) is 3.31. The predicted octanol–water partition coefficient (Wildman–Crippen LogP) is 2.14. The fourth-order valence-electron chi connectivity index (χ4n) is 2.26. The van der Waals surface area contributed by atoms with E-state index in [4.69, 9.17) is 14.2 Å². The highest BCUT2D eigenvalue weighted by Gasteiger charge is 2.34. The Bertz CT molecular complexity index is 406. The average molecular weight is 237 g/mol. The van der Waals surface area contributed by atoms with Gasteiger partial charge in [-0.3, -0.25) is 0 Å². The van der Waals surface area contributed by atoms with Gasteiger partial charge in [-0.05, 0) is 13.5 Å². The summed E-state index contributed by atoms with van der Waals surface area (Å²) in [6, 6.07) is 3.98. The van der Waals surface area contributed by atoms with Gasteiger partial charge in [-0.25, -0.2) is 0 Å². The summed E-state index contributed by atoms with van der Waals surface area (Å²) in [6.07, 6.45) is 0.103. The zero-order valence-corrected chi connectivity index (χ0v) is 10.7. The maximum Gasteiger partial charge on any atom is 0.132 e. The molecule has 1 heterocycles. The van der Waals surface area contributed by atoms with Gasteiger partial charge in [0.25, 0.3) is 0 Å². The lowest BCUT2D eigenvalue weighted by molar-refractivity contribution is 0.210. The molecule has 0 aliphatic carbocycles. The van der Waals surface area contributed by atoms with E-state index in [0.29, 0.717) is 0 Å². The van der Waals surface area contributed by atoms with Crippen molar-refractivity contribution in [1.82, 2.24) is 5.32 Å². The van der Waals surface area contributed by atoms with E-state index in [2.05, 4.69) is 19.2 Å². The summed E-state index contributed by atoms with van der Waals surface area (Å²) >= 11 is 0. The highest BCUT2D eigenvalue weighted by Crippen LogP contribution is 2.45. The summed E-state index contributed by atoms with van der Waals surface area (Å²) < 4.78 is 16.5. The van der Waals surface area contributed by atoms with E-state index >= 15 is 0 Å². The van der Waals surface area contributed by atoms with Crippen molar-refractivity contribution in [3.8, 4) is 17.2 Å². The van der Waals surface area contributed by atoms with E-state index in [1.54, 1.807) is 14.2 Å². The van der Waals surface area contributed by atoms with Crippen LogP contribution in [0.5, 0.6) is 17.2 Å². The zero-order chi connectivity index (χ0) is 12.4. The van der Waals surface area contributed by atoms with E-state index < -0.39 is 0 Å². The maximum atomic E-state index is 5.83. The van der Waals surface area contributed by atoms with E-state index in [9.17, 15) is 0 Å². The lowest BCUT2D eigenvalue weighted by Gasteiger charge is -2.17. The molecule has 1 aromatic rings. The van der Waals surface area contributed by atoms with Crippen LogP contribution in [0.1, 0.15) is 25.5 Å². The predicted molar refractivity (Wildman–Crippen MR) is 66.1 cm³/mol. The third-order valence-electron chi connectivity index (χ3n) is 3.05. The first-order valence-corrected chi connectivity index (χ1v) is 5.87. The summed E-state index contributed by atoms with van der Waals surface area (Å²) in [5.74, 6) is 2.42. The highest BCUT2D eigenvalue weighted by atomic mass is 16.5. The van der Waals surface area contributed by atoms with Gasteiger partial charge in [0.05, 0.1) is 25.8 Å². The van der Waals surface area contributed by atoms with Crippen molar-refractivity contribution < 1.29 is 14.2 Å². The second-order valence-electron chi connectivity index (χ2n) is 4.10. The first kappa shape index (κ1) is 12.0. The summed E-state index contributed by atoms with van der Waals surface area (Å²) in [4.78, 5) is 0. The van der Waals surface area contributed by atoms with Crippen LogP contribution >= 0.6 is 0 Å². The quantitative estimate of drug-likeness (QED) is 0.871. The van der Waals surface area contributed by atoms with E-state index in [0.717, 1.165) is 29.4 Å². The second-order valence-corrected chi connectivity index (χ2v) is 4.10. The Balaban J connectivity index is 2.45. The summed E-state index contributed by atoms with van der Waals surface area (Å²) in [5, 5.41) is 3.42. The van der Waals surface area contributed by atoms with Crippen molar-refractivity contribution in [2.75, 3.05) is 20.8 Å². The van der Waals surface area contributed by atoms with E-state index in [1.165, 1.54) is 0 Å². The minimum atomic E-state index is 0.103. The summed E-state index contributed by atoms with van der Waals surface area (Å²) in [6.45, 7) is 5.03. The van der Waals surface area contributed by atoms with E-state index in [1.807, 2.05) is 12.1 Å². The lowest BCUT2D eigenvalue weighted by Crippen LogP contribution is -2.28. The van der Waals surface area contributed by atoms with Crippen molar-refractivity contribution in [2.24, 2.45) is 0 Å². The van der Waals surface area contributed by atoms with Crippen LogP contribution in [0.2, 0.25) is 0 Å². The van der Waals surface area contributed by atoms with Crippen LogP contribution < -0.4 is 19.5 Å². The number of hydrogen-bond donors (Lipinski definition) is 1. The molecule has 1 N–H and O–H groups in total. The normalized spacial score (nSPS) is 21.9. The molecule has 1 aliphatic heterocycles. The lowest BCUT2D eigenvalue weighted by atomic mass is 10.0. The Morgan fingerprint density at radius 2 is 2.06 bits per heavy atom. The van der Waals surface area contributed by atoms with Crippen LogP contribution in [0.25, 0.3) is 0 Å². The minimum absolute atomic E-state index is 0.103. The second kappa shape index (κ2) is 4.84. The molecule has 17 heavy (non-hydrogen) atoms. The molecule has 94 valence electrons. The summed E-state index contributed by atoms with van der Waals surface area (Å²) in [5.41, 5.74) is 1.09. The molecule has 0 fully saturated rings. The van der Waals surface area contributed by atoms with Crippen molar-refractivity contribution >= 4 is 0 Å². The molecule has 0 bridgehead atoms. The molecule has 2 unspecified atom stereocenters. The van der Waals surface area contributed by atoms with Crippen molar-refractivity contribution in [3.63, 3.8) is 0 Å². The first-order valence-electron chi connectivity index (χ1n) is 5.87. The molecule has 1 aromatic carbocycles. The number of rotatable bonds is 4. The molecule has 1 aliphatic rings. The number of benzene rings is 1. The SMILES string of the molecule is CCNC1c2c(OC)cc(OC)cc2OC1C. The fraction of sp³-hybridized carbons (Fsp3) is 0.538. The van der Waals surface area contributed by atoms with Crippen molar-refractivity contribution in [2.45, 2.75) is 26.0 Å². The van der Waals surface area contributed by atoms with Crippen molar-refractivity contribution in [3.05, 3.63) is 17.7 Å². The van der Waals surface area contributed by atoms with E-state index in [-0.39, 0.29) is 12.1 Å². The zero-order valence-electron chi connectivity index (χ0n) is 10.7. The standard InChI is InChI=1S/C13H19NO3/c1-5-14-13-8(2)17-11-7-9(15-3)6-10(16-4)12(11)13/h6-8,13-14H,5H2,1-4H3. The molecule has 0 radical (unpaired) electrons. The number of hydrogen-bond acceptors (Lipinski definition) is 4. The largest absolute Gasteiger partial charge is 0.496 e. The maximum absolute atomic E-state index is 5.83. The number of nitrogens with one attached hydrogen (secondary N) is 1. The third kappa shape index (κ3) is 2.05. The number of methoxy groups -OCH3 is 2. The minimum Gasteiger partial charge on any atom is -0.496 e. The molecule has 4 heteroatoms. The topological polar surface area (TPSA) is 39.7 Å². The Morgan fingerprint density at radius 3 is 2.65 bits per heavy atom. The van der Waals surface area contributed by atoms with Gasteiger partial charge in [0.2, 0.25) is 0 Å². The van der Waals surface area contributed by atoms with Gasteiger partial charge < -0.3 is 19.5 Å². The van der Waals surface area contributed by atoms with Crippen LogP contribution in [-0.4, -0.2) is 26.9 Å². The van der Waals surface area contributed by atoms with Crippen LogP contribution in [0.4, 0.5) is 0 Å². The van der Waals surface area contributed by atoms with Crippen LogP contribution in [0.3, 0.4) is 0 Å². The molecular weight excluding hydrogens is 218 g/mol. The molecule has 0 saturated carbocycles. The Morgan fingerprint density at radius 1 is 1.29 bits per heavy atom. The molecule has 0 saturated heterocycles. The molecule has 2 atom stereocenters.